The van der Waals surface area contributed by atoms with Gasteiger partial charge in [0.1, 0.15) is 5.82 Å². The SMILES string of the molecule is Cc1ncc(CN(C)C(=O)Nc2ccc(N3CC(C)OC(C)C3)c(F)c2)s1. The average molecular weight is 393 g/mol. The number of morpholine rings is 1. The Morgan fingerprint density at radius 2 is 2.11 bits per heavy atom. The molecular formula is C19H25FN4O2S. The smallest absolute Gasteiger partial charge is 0.321 e. The van der Waals surface area contributed by atoms with Crippen LogP contribution >= 0.6 is 11.3 Å². The summed E-state index contributed by atoms with van der Waals surface area (Å²) in [5.74, 6) is -0.352. The number of aromatic nitrogens is 1. The van der Waals surface area contributed by atoms with E-state index in [9.17, 15) is 9.18 Å². The molecule has 6 nitrogen and oxygen atoms in total. The Morgan fingerprint density at radius 3 is 2.70 bits per heavy atom. The molecule has 2 amide bonds. The monoisotopic (exact) mass is 392 g/mol. The van der Waals surface area contributed by atoms with E-state index in [1.54, 1.807) is 41.6 Å². The van der Waals surface area contributed by atoms with Gasteiger partial charge >= 0.3 is 6.03 Å². The maximum atomic E-state index is 14.6. The molecule has 1 N–H and O–H groups in total. The van der Waals surface area contributed by atoms with Crippen molar-refractivity contribution in [1.82, 2.24) is 9.88 Å². The van der Waals surface area contributed by atoms with Gasteiger partial charge in [-0.1, -0.05) is 0 Å². The van der Waals surface area contributed by atoms with Gasteiger partial charge in [0, 0.05) is 36.9 Å². The third-order valence-corrected chi connectivity index (χ3v) is 5.27. The van der Waals surface area contributed by atoms with Crippen molar-refractivity contribution in [2.24, 2.45) is 0 Å². The van der Waals surface area contributed by atoms with Gasteiger partial charge in [0.15, 0.2) is 0 Å². The first-order valence-electron chi connectivity index (χ1n) is 8.95. The standard InChI is InChI=1S/C19H25FN4O2S/c1-12-9-24(10-13(2)26-12)18-6-5-15(7-17(18)20)22-19(25)23(4)11-16-8-21-14(3)27-16/h5-8,12-13H,9-11H2,1-4H3,(H,22,25). The van der Waals surface area contributed by atoms with Gasteiger partial charge in [-0.3, -0.25) is 0 Å². The van der Waals surface area contributed by atoms with E-state index in [1.165, 1.54) is 6.07 Å². The molecule has 27 heavy (non-hydrogen) atoms. The third-order valence-electron chi connectivity index (χ3n) is 4.37. The molecule has 1 aliphatic heterocycles. The number of hydrogen-bond acceptors (Lipinski definition) is 5. The number of nitrogens with one attached hydrogen (secondary N) is 1. The predicted octanol–water partition coefficient (Wildman–Crippen LogP) is 3.87. The van der Waals surface area contributed by atoms with E-state index in [0.717, 1.165) is 9.88 Å². The van der Waals surface area contributed by atoms with Crippen molar-refractivity contribution in [2.75, 3.05) is 30.4 Å². The van der Waals surface area contributed by atoms with Crippen molar-refractivity contribution in [2.45, 2.75) is 39.5 Å². The van der Waals surface area contributed by atoms with Crippen LogP contribution in [0.25, 0.3) is 0 Å². The fourth-order valence-electron chi connectivity index (χ4n) is 3.22. The number of anilines is 2. The van der Waals surface area contributed by atoms with Crippen LogP contribution in [0.15, 0.2) is 24.4 Å². The first-order chi connectivity index (χ1) is 12.8. The van der Waals surface area contributed by atoms with E-state index in [-0.39, 0.29) is 24.1 Å². The second-order valence-electron chi connectivity index (χ2n) is 6.96. The number of nitrogens with zero attached hydrogens (tertiary/aromatic N) is 3. The minimum absolute atomic E-state index is 0.0524. The number of ether oxygens (including phenoxy) is 1. The lowest BCUT2D eigenvalue weighted by Crippen LogP contribution is -2.45. The van der Waals surface area contributed by atoms with Gasteiger partial charge in [0.05, 0.1) is 29.4 Å². The molecule has 1 aromatic carbocycles. The molecule has 2 heterocycles. The van der Waals surface area contributed by atoms with Crippen molar-refractivity contribution in [3.63, 3.8) is 0 Å². The number of aryl methyl sites for hydroxylation is 1. The van der Waals surface area contributed by atoms with Gasteiger partial charge in [-0.2, -0.15) is 0 Å². The second-order valence-corrected chi connectivity index (χ2v) is 8.28. The summed E-state index contributed by atoms with van der Waals surface area (Å²) in [6.45, 7) is 7.63. The average Bonchev–Trinajstić information content (AvgIpc) is 2.98. The molecule has 146 valence electrons. The summed E-state index contributed by atoms with van der Waals surface area (Å²) >= 11 is 1.55. The Kier molecular flexibility index (Phi) is 5.96. The van der Waals surface area contributed by atoms with Gasteiger partial charge < -0.3 is 19.9 Å². The largest absolute Gasteiger partial charge is 0.372 e. The second kappa shape index (κ2) is 8.22. The van der Waals surface area contributed by atoms with Crippen molar-refractivity contribution < 1.29 is 13.9 Å². The number of amides is 2. The number of carbonyl (C=O) groups is 1. The zero-order chi connectivity index (χ0) is 19.6. The number of rotatable bonds is 4. The van der Waals surface area contributed by atoms with Crippen LogP contribution in [0.2, 0.25) is 0 Å². The molecule has 1 aromatic heterocycles. The first kappa shape index (κ1) is 19.6. The van der Waals surface area contributed by atoms with E-state index in [4.69, 9.17) is 4.74 Å². The molecule has 0 spiro atoms. The highest BCUT2D eigenvalue weighted by Crippen LogP contribution is 2.26. The van der Waals surface area contributed by atoms with Crippen LogP contribution in [-0.4, -0.2) is 48.3 Å². The minimum atomic E-state index is -0.352. The fourth-order valence-corrected chi connectivity index (χ4v) is 4.07. The van der Waals surface area contributed by atoms with Crippen LogP contribution in [0, 0.1) is 12.7 Å². The normalized spacial score (nSPS) is 19.8. The van der Waals surface area contributed by atoms with Crippen LogP contribution in [0.5, 0.6) is 0 Å². The predicted molar refractivity (Wildman–Crippen MR) is 106 cm³/mol. The van der Waals surface area contributed by atoms with E-state index in [1.807, 2.05) is 25.7 Å². The van der Waals surface area contributed by atoms with E-state index >= 15 is 0 Å². The molecule has 0 radical (unpaired) electrons. The quantitative estimate of drug-likeness (QED) is 0.858. The molecule has 0 bridgehead atoms. The Balaban J connectivity index is 1.63. The summed E-state index contributed by atoms with van der Waals surface area (Å²) in [5.41, 5.74) is 0.964. The van der Waals surface area contributed by atoms with Crippen LogP contribution in [-0.2, 0) is 11.3 Å². The Labute approximate surface area is 163 Å². The minimum Gasteiger partial charge on any atom is -0.372 e. The summed E-state index contributed by atoms with van der Waals surface area (Å²) in [6.07, 6.45) is 1.87. The molecule has 0 saturated carbocycles. The summed E-state index contributed by atoms with van der Waals surface area (Å²) in [7, 11) is 1.70. The number of urea groups is 1. The summed E-state index contributed by atoms with van der Waals surface area (Å²) < 4.78 is 20.3. The number of benzene rings is 1. The van der Waals surface area contributed by atoms with Gasteiger partial charge in [-0.05, 0) is 39.0 Å². The van der Waals surface area contributed by atoms with Crippen molar-refractivity contribution in [1.29, 1.82) is 0 Å². The molecule has 1 fully saturated rings. The molecule has 2 aromatic rings. The highest BCUT2D eigenvalue weighted by atomic mass is 32.1. The Hall–Kier alpha value is -2.19. The number of thiazole rings is 1. The lowest BCUT2D eigenvalue weighted by molar-refractivity contribution is -0.00539. The molecule has 0 aliphatic carbocycles. The molecule has 2 unspecified atom stereocenters. The van der Waals surface area contributed by atoms with Crippen molar-refractivity contribution in [3.8, 4) is 0 Å². The molecule has 2 atom stereocenters. The van der Waals surface area contributed by atoms with Gasteiger partial charge in [-0.25, -0.2) is 14.2 Å². The highest BCUT2D eigenvalue weighted by Gasteiger charge is 2.24. The molecular weight excluding hydrogens is 367 g/mol. The van der Waals surface area contributed by atoms with E-state index in [0.29, 0.717) is 31.0 Å². The first-order valence-corrected chi connectivity index (χ1v) is 9.77. The summed E-state index contributed by atoms with van der Waals surface area (Å²) in [6, 6.07) is 4.51. The van der Waals surface area contributed by atoms with Crippen LogP contribution in [0.1, 0.15) is 23.7 Å². The molecule has 8 heteroatoms. The van der Waals surface area contributed by atoms with Crippen LogP contribution in [0.4, 0.5) is 20.6 Å². The highest BCUT2D eigenvalue weighted by molar-refractivity contribution is 7.11. The van der Waals surface area contributed by atoms with Crippen LogP contribution < -0.4 is 10.2 Å². The lowest BCUT2D eigenvalue weighted by atomic mass is 10.2. The number of halogens is 1. The topological polar surface area (TPSA) is 57.7 Å². The fraction of sp³-hybridized carbons (Fsp3) is 0.474. The zero-order valence-electron chi connectivity index (χ0n) is 16.0. The molecule has 1 saturated heterocycles. The zero-order valence-corrected chi connectivity index (χ0v) is 16.8. The van der Waals surface area contributed by atoms with E-state index < -0.39 is 0 Å². The van der Waals surface area contributed by atoms with Gasteiger partial charge in [0.25, 0.3) is 0 Å². The number of hydrogen-bond donors (Lipinski definition) is 1. The van der Waals surface area contributed by atoms with Gasteiger partial charge in [0.2, 0.25) is 0 Å². The Bertz CT molecular complexity index is 803. The molecule has 3 rings (SSSR count). The summed E-state index contributed by atoms with van der Waals surface area (Å²) in [4.78, 5) is 21.1. The maximum Gasteiger partial charge on any atom is 0.321 e. The van der Waals surface area contributed by atoms with E-state index in [2.05, 4.69) is 10.3 Å². The summed E-state index contributed by atoms with van der Waals surface area (Å²) in [5, 5.41) is 3.71. The third kappa shape index (κ3) is 4.95. The molecule has 1 aliphatic rings. The lowest BCUT2D eigenvalue weighted by Gasteiger charge is -2.37. The van der Waals surface area contributed by atoms with Crippen molar-refractivity contribution >= 4 is 28.7 Å². The van der Waals surface area contributed by atoms with Crippen LogP contribution in [0.3, 0.4) is 0 Å². The number of carbonyl (C=O) groups excluding carboxylic acids is 1. The Morgan fingerprint density at radius 1 is 1.41 bits per heavy atom. The van der Waals surface area contributed by atoms with Gasteiger partial charge in [-0.15, -0.1) is 11.3 Å². The van der Waals surface area contributed by atoms with Crippen molar-refractivity contribution in [3.05, 3.63) is 40.1 Å². The maximum absolute atomic E-state index is 14.6.